The van der Waals surface area contributed by atoms with Crippen molar-refractivity contribution in [2.45, 2.75) is 20.3 Å². The first-order chi connectivity index (χ1) is 14.1. The van der Waals surface area contributed by atoms with E-state index in [9.17, 15) is 14.4 Å². The molecule has 0 unspecified atom stereocenters. The van der Waals surface area contributed by atoms with E-state index in [0.717, 1.165) is 6.42 Å². The molecule has 3 aromatic rings. The second kappa shape index (κ2) is 9.01. The number of hydrogen-bond donors (Lipinski definition) is 2. The number of fused-ring (bicyclic) bond motifs is 1. The van der Waals surface area contributed by atoms with Gasteiger partial charge in [0, 0.05) is 12.7 Å². The predicted octanol–water partition coefficient (Wildman–Crippen LogP) is 2.90. The quantitative estimate of drug-likeness (QED) is 0.600. The summed E-state index contributed by atoms with van der Waals surface area (Å²) < 4.78 is 6.60. The molecule has 2 aromatic heterocycles. The summed E-state index contributed by atoms with van der Waals surface area (Å²) in [6, 6.07) is 11.8. The number of aromatic nitrogens is 2. The lowest BCUT2D eigenvalue weighted by Crippen LogP contribution is -2.26. The number of esters is 1. The Morgan fingerprint density at radius 2 is 1.79 bits per heavy atom. The van der Waals surface area contributed by atoms with Crippen LogP contribution >= 0.6 is 0 Å². The van der Waals surface area contributed by atoms with Crippen LogP contribution in [0.4, 0.5) is 5.69 Å². The van der Waals surface area contributed by atoms with Gasteiger partial charge in [-0.1, -0.05) is 25.1 Å². The van der Waals surface area contributed by atoms with Gasteiger partial charge in [-0.15, -0.1) is 0 Å². The summed E-state index contributed by atoms with van der Waals surface area (Å²) >= 11 is 0. The van der Waals surface area contributed by atoms with Gasteiger partial charge in [0.05, 0.1) is 23.4 Å². The van der Waals surface area contributed by atoms with Gasteiger partial charge in [0.25, 0.3) is 11.8 Å². The molecular formula is C21H22N4O4. The van der Waals surface area contributed by atoms with E-state index in [2.05, 4.69) is 15.6 Å². The minimum atomic E-state index is -0.530. The molecule has 0 saturated carbocycles. The fourth-order valence-corrected chi connectivity index (χ4v) is 2.84. The number of anilines is 1. The van der Waals surface area contributed by atoms with E-state index in [1.807, 2.05) is 6.92 Å². The molecule has 2 heterocycles. The van der Waals surface area contributed by atoms with Gasteiger partial charge in [-0.2, -0.15) is 0 Å². The lowest BCUT2D eigenvalue weighted by atomic mass is 10.1. The summed E-state index contributed by atoms with van der Waals surface area (Å²) in [5.74, 6) is -1.30. The molecule has 0 saturated heterocycles. The van der Waals surface area contributed by atoms with Gasteiger partial charge >= 0.3 is 5.97 Å². The molecule has 8 heteroatoms. The standard InChI is InChI=1S/C21H22N4O4/c1-3-12-22-20(27)18-24-17(16-11-7-8-13-25(16)18)19(26)23-15-10-6-5-9-14(15)21(28)29-4-2/h5-11,13H,3-4,12H2,1-2H3,(H,22,27)(H,23,26). The molecule has 2 amide bonds. The first-order valence-corrected chi connectivity index (χ1v) is 9.39. The molecule has 0 aliphatic rings. The van der Waals surface area contributed by atoms with Gasteiger partial charge in [0.15, 0.2) is 5.69 Å². The smallest absolute Gasteiger partial charge is 0.340 e. The Morgan fingerprint density at radius 3 is 2.55 bits per heavy atom. The Hall–Kier alpha value is -3.68. The van der Waals surface area contributed by atoms with Crippen LogP contribution in [0, 0.1) is 0 Å². The first kappa shape index (κ1) is 20.1. The molecule has 0 atom stereocenters. The van der Waals surface area contributed by atoms with Crippen LogP contribution in [-0.4, -0.2) is 40.3 Å². The van der Waals surface area contributed by atoms with Crippen molar-refractivity contribution in [3.05, 3.63) is 65.7 Å². The molecule has 0 aliphatic carbocycles. The van der Waals surface area contributed by atoms with Gasteiger partial charge < -0.3 is 15.4 Å². The molecule has 8 nitrogen and oxygen atoms in total. The summed E-state index contributed by atoms with van der Waals surface area (Å²) in [7, 11) is 0. The van der Waals surface area contributed by atoms with Crippen molar-refractivity contribution in [1.82, 2.24) is 14.7 Å². The SMILES string of the molecule is CCCNC(=O)c1nc(C(=O)Nc2ccccc2C(=O)OCC)c2ccccn12. The van der Waals surface area contributed by atoms with Crippen LogP contribution < -0.4 is 10.6 Å². The number of benzene rings is 1. The molecule has 0 spiro atoms. The Balaban J connectivity index is 1.95. The van der Waals surface area contributed by atoms with E-state index in [0.29, 0.717) is 17.7 Å². The van der Waals surface area contributed by atoms with Gasteiger partial charge in [0.2, 0.25) is 5.82 Å². The number of amides is 2. The van der Waals surface area contributed by atoms with E-state index in [4.69, 9.17) is 4.74 Å². The van der Waals surface area contributed by atoms with Crippen LogP contribution in [0.5, 0.6) is 0 Å². The number of nitrogens with zero attached hydrogens (tertiary/aromatic N) is 2. The molecular weight excluding hydrogens is 372 g/mol. The fraction of sp³-hybridized carbons (Fsp3) is 0.238. The maximum absolute atomic E-state index is 12.9. The number of para-hydroxylation sites is 1. The molecule has 0 radical (unpaired) electrons. The number of hydrogen-bond acceptors (Lipinski definition) is 5. The molecule has 0 fully saturated rings. The minimum absolute atomic E-state index is 0.0888. The van der Waals surface area contributed by atoms with Gasteiger partial charge in [-0.3, -0.25) is 14.0 Å². The second-order valence-corrected chi connectivity index (χ2v) is 6.22. The molecule has 0 bridgehead atoms. The zero-order chi connectivity index (χ0) is 20.8. The van der Waals surface area contributed by atoms with Crippen LogP contribution in [0.25, 0.3) is 5.52 Å². The number of imidazole rings is 1. The van der Waals surface area contributed by atoms with Crippen LogP contribution in [0.3, 0.4) is 0 Å². The van der Waals surface area contributed by atoms with Crippen molar-refractivity contribution in [2.75, 3.05) is 18.5 Å². The average molecular weight is 394 g/mol. The highest BCUT2D eigenvalue weighted by molar-refractivity contribution is 6.11. The van der Waals surface area contributed by atoms with Crippen molar-refractivity contribution in [1.29, 1.82) is 0 Å². The maximum atomic E-state index is 12.9. The normalized spacial score (nSPS) is 10.6. The van der Waals surface area contributed by atoms with Crippen molar-refractivity contribution < 1.29 is 19.1 Å². The van der Waals surface area contributed by atoms with Crippen LogP contribution in [0.15, 0.2) is 48.7 Å². The highest BCUT2D eigenvalue weighted by Gasteiger charge is 2.22. The highest BCUT2D eigenvalue weighted by Crippen LogP contribution is 2.19. The molecule has 150 valence electrons. The molecule has 0 aliphatic heterocycles. The third-order valence-electron chi connectivity index (χ3n) is 4.17. The van der Waals surface area contributed by atoms with Crippen molar-refractivity contribution in [3.8, 4) is 0 Å². The van der Waals surface area contributed by atoms with E-state index in [-0.39, 0.29) is 29.6 Å². The molecule has 2 N–H and O–H groups in total. The Bertz CT molecular complexity index is 1060. The molecule has 29 heavy (non-hydrogen) atoms. The maximum Gasteiger partial charge on any atom is 0.340 e. The monoisotopic (exact) mass is 394 g/mol. The fourth-order valence-electron chi connectivity index (χ4n) is 2.84. The largest absolute Gasteiger partial charge is 0.462 e. The summed E-state index contributed by atoms with van der Waals surface area (Å²) in [5.41, 5.74) is 1.13. The lowest BCUT2D eigenvalue weighted by molar-refractivity contribution is 0.0527. The average Bonchev–Trinajstić information content (AvgIpc) is 3.12. The molecule has 1 aromatic carbocycles. The van der Waals surface area contributed by atoms with Crippen LogP contribution in [-0.2, 0) is 4.74 Å². The minimum Gasteiger partial charge on any atom is -0.462 e. The first-order valence-electron chi connectivity index (χ1n) is 9.39. The van der Waals surface area contributed by atoms with E-state index in [1.54, 1.807) is 60.0 Å². The zero-order valence-electron chi connectivity index (χ0n) is 16.3. The van der Waals surface area contributed by atoms with E-state index >= 15 is 0 Å². The van der Waals surface area contributed by atoms with Crippen LogP contribution in [0.1, 0.15) is 51.7 Å². The molecule has 3 rings (SSSR count). The lowest BCUT2D eigenvalue weighted by Gasteiger charge is -2.09. The van der Waals surface area contributed by atoms with Crippen LogP contribution in [0.2, 0.25) is 0 Å². The second-order valence-electron chi connectivity index (χ2n) is 6.22. The van der Waals surface area contributed by atoms with Crippen molar-refractivity contribution >= 4 is 29.0 Å². The summed E-state index contributed by atoms with van der Waals surface area (Å²) in [5, 5.41) is 5.47. The Labute approximate surface area is 167 Å². The number of ether oxygens (including phenoxy) is 1. The van der Waals surface area contributed by atoms with E-state index in [1.165, 1.54) is 0 Å². The predicted molar refractivity (Wildman–Crippen MR) is 108 cm³/mol. The van der Waals surface area contributed by atoms with Gasteiger partial charge in [-0.05, 0) is 37.6 Å². The Morgan fingerprint density at radius 1 is 1.03 bits per heavy atom. The summed E-state index contributed by atoms with van der Waals surface area (Å²) in [4.78, 5) is 41.8. The highest BCUT2D eigenvalue weighted by atomic mass is 16.5. The van der Waals surface area contributed by atoms with Gasteiger partial charge in [0.1, 0.15) is 0 Å². The zero-order valence-corrected chi connectivity index (χ0v) is 16.3. The van der Waals surface area contributed by atoms with E-state index < -0.39 is 11.9 Å². The number of rotatable bonds is 7. The summed E-state index contributed by atoms with van der Waals surface area (Å²) in [6.45, 7) is 4.39. The summed E-state index contributed by atoms with van der Waals surface area (Å²) in [6.07, 6.45) is 2.46. The van der Waals surface area contributed by atoms with Gasteiger partial charge in [-0.25, -0.2) is 9.78 Å². The number of carbonyl (C=O) groups is 3. The number of carbonyl (C=O) groups excluding carboxylic acids is 3. The van der Waals surface area contributed by atoms with Crippen molar-refractivity contribution in [3.63, 3.8) is 0 Å². The van der Waals surface area contributed by atoms with Crippen molar-refractivity contribution in [2.24, 2.45) is 0 Å². The topological polar surface area (TPSA) is 102 Å². The third kappa shape index (κ3) is 4.26. The Kier molecular flexibility index (Phi) is 6.23. The number of pyridine rings is 1. The number of nitrogens with one attached hydrogen (secondary N) is 2. The third-order valence-corrected chi connectivity index (χ3v) is 4.17.